The van der Waals surface area contributed by atoms with Crippen LogP contribution in [0.15, 0.2) is 16.1 Å². The fourth-order valence-electron chi connectivity index (χ4n) is 2.73. The molecule has 0 aromatic carbocycles. The van der Waals surface area contributed by atoms with Crippen LogP contribution in [-0.2, 0) is 40.8 Å². The fraction of sp³-hybridized carbons (Fsp3) is 0.812. The lowest BCUT2D eigenvalue weighted by Gasteiger charge is -2.38. The average molecular weight is 534 g/mol. The number of hydrogen-bond donors (Lipinski definition) is 0. The van der Waals surface area contributed by atoms with Gasteiger partial charge in [0, 0.05) is 5.58 Å². The molecule has 0 bridgehead atoms. The van der Waals surface area contributed by atoms with Gasteiger partial charge in [-0.2, -0.15) is 0 Å². The van der Waals surface area contributed by atoms with Crippen molar-refractivity contribution in [1.29, 1.82) is 0 Å². The number of rotatable bonds is 16. The van der Waals surface area contributed by atoms with Gasteiger partial charge in [-0.1, -0.05) is 0 Å². The van der Waals surface area contributed by atoms with E-state index in [1.807, 2.05) is 0 Å². The SMILES string of the molecule is CCOP(=O)(OCC)C1=NC(P(=O)(OCC)OCC)=C([N+](=O)[O-])C(P(=O)(OCC)OCC)[N-]1. The molecule has 0 amide bonds. The van der Waals surface area contributed by atoms with E-state index in [0.717, 1.165) is 0 Å². The Labute approximate surface area is 193 Å². The normalized spacial score (nSPS) is 17.6. The summed E-state index contributed by atoms with van der Waals surface area (Å²) in [5, 5.41) is 16.1. The van der Waals surface area contributed by atoms with Gasteiger partial charge in [0.05, 0.1) is 44.6 Å². The van der Waals surface area contributed by atoms with E-state index in [1.54, 1.807) is 0 Å². The molecule has 1 heterocycles. The van der Waals surface area contributed by atoms with Crippen molar-refractivity contribution in [2.75, 3.05) is 39.6 Å². The molecule has 17 heteroatoms. The number of aliphatic imine (C=N–C) groups is 1. The van der Waals surface area contributed by atoms with Gasteiger partial charge in [0.1, 0.15) is 5.44 Å². The zero-order chi connectivity index (χ0) is 25.3. The zero-order valence-electron chi connectivity index (χ0n) is 19.5. The van der Waals surface area contributed by atoms with Crippen molar-refractivity contribution in [1.82, 2.24) is 0 Å². The maximum Gasteiger partial charge on any atom is 0.364 e. The summed E-state index contributed by atoms with van der Waals surface area (Å²) < 4.78 is 72.0. The highest BCUT2D eigenvalue weighted by Crippen LogP contribution is 2.68. The lowest BCUT2D eigenvalue weighted by atomic mass is 10.4. The standard InChI is InChI=1S/C16H31N3O11P3/c1-7-25-31(22,26-8-2)14-13(19(20)21)15(32(23,27-9-3)28-10-4)18-16(17-14)33(24,29-11-5)30-12-6/h14H,7-12H2,1-6H3/q-1. The van der Waals surface area contributed by atoms with Crippen LogP contribution in [0.2, 0.25) is 0 Å². The summed E-state index contributed by atoms with van der Waals surface area (Å²) >= 11 is 0. The second-order valence-corrected chi connectivity index (χ2v) is 11.9. The van der Waals surface area contributed by atoms with E-state index >= 15 is 0 Å². The van der Waals surface area contributed by atoms with E-state index in [2.05, 4.69) is 10.3 Å². The zero-order valence-corrected chi connectivity index (χ0v) is 22.2. The molecule has 0 saturated carbocycles. The Kier molecular flexibility index (Phi) is 12.1. The summed E-state index contributed by atoms with van der Waals surface area (Å²) in [5.74, 6) is -1.99. The van der Waals surface area contributed by atoms with Crippen molar-refractivity contribution >= 4 is 28.4 Å². The summed E-state index contributed by atoms with van der Waals surface area (Å²) in [6.45, 7) is 8.20. The van der Waals surface area contributed by atoms with Crippen molar-refractivity contribution in [3.63, 3.8) is 0 Å². The van der Waals surface area contributed by atoms with E-state index in [-0.39, 0.29) is 39.6 Å². The average Bonchev–Trinajstić information content (AvgIpc) is 2.73. The van der Waals surface area contributed by atoms with Gasteiger partial charge < -0.3 is 37.5 Å². The third kappa shape index (κ3) is 7.04. The number of amidine groups is 1. The highest BCUT2D eigenvalue weighted by Gasteiger charge is 2.50. The lowest BCUT2D eigenvalue weighted by molar-refractivity contribution is -0.427. The van der Waals surface area contributed by atoms with Gasteiger partial charge in [-0.25, -0.2) is 0 Å². The molecule has 14 nitrogen and oxygen atoms in total. The van der Waals surface area contributed by atoms with Gasteiger partial charge in [-0.3, -0.25) is 23.8 Å². The van der Waals surface area contributed by atoms with E-state index in [9.17, 15) is 23.8 Å². The first kappa shape index (κ1) is 30.1. The van der Waals surface area contributed by atoms with Crippen LogP contribution < -0.4 is 0 Å². The minimum absolute atomic E-state index is 0.0964. The molecule has 0 saturated heterocycles. The molecule has 0 spiro atoms. The molecule has 0 aromatic heterocycles. The Morgan fingerprint density at radius 3 is 1.55 bits per heavy atom. The Balaban J connectivity index is 4.02. The Morgan fingerprint density at radius 2 is 1.18 bits per heavy atom. The lowest BCUT2D eigenvalue weighted by Crippen LogP contribution is -2.28. The van der Waals surface area contributed by atoms with Crippen molar-refractivity contribution in [2.45, 2.75) is 47.3 Å². The van der Waals surface area contributed by atoms with Gasteiger partial charge in [0.25, 0.3) is 5.70 Å². The molecule has 0 aliphatic carbocycles. The minimum Gasteiger partial charge on any atom is -0.435 e. The second-order valence-electron chi connectivity index (χ2n) is 5.92. The molecular weight excluding hydrogens is 503 g/mol. The largest absolute Gasteiger partial charge is 0.435 e. The monoisotopic (exact) mass is 534 g/mol. The van der Waals surface area contributed by atoms with Gasteiger partial charge in [-0.05, 0) is 41.5 Å². The molecule has 192 valence electrons. The van der Waals surface area contributed by atoms with Crippen molar-refractivity contribution in [2.24, 2.45) is 4.99 Å². The molecule has 0 fully saturated rings. The molecule has 0 aromatic rings. The Morgan fingerprint density at radius 1 is 0.788 bits per heavy atom. The molecule has 1 rings (SSSR count). The van der Waals surface area contributed by atoms with Crippen LogP contribution in [0.5, 0.6) is 0 Å². The smallest absolute Gasteiger partial charge is 0.364 e. The predicted molar refractivity (Wildman–Crippen MR) is 121 cm³/mol. The predicted octanol–water partition coefficient (Wildman–Crippen LogP) is 5.30. The summed E-state index contributed by atoms with van der Waals surface area (Å²) in [7, 11) is -13.2. The summed E-state index contributed by atoms with van der Waals surface area (Å²) in [4.78, 5) is 15.1. The molecule has 33 heavy (non-hydrogen) atoms. The molecule has 0 N–H and O–H groups in total. The van der Waals surface area contributed by atoms with Gasteiger partial charge in [-0.15, -0.1) is 0 Å². The summed E-state index contributed by atoms with van der Waals surface area (Å²) in [6, 6.07) is 0. The first-order chi connectivity index (χ1) is 15.5. The van der Waals surface area contributed by atoms with Crippen LogP contribution >= 0.6 is 22.8 Å². The number of nitrogens with zero attached hydrogens (tertiary/aromatic N) is 3. The highest BCUT2D eigenvalue weighted by molar-refractivity contribution is 7.73. The quantitative estimate of drug-likeness (QED) is 0.143. The van der Waals surface area contributed by atoms with Crippen LogP contribution in [0.4, 0.5) is 0 Å². The van der Waals surface area contributed by atoms with Crippen LogP contribution in [0, 0.1) is 10.1 Å². The summed E-state index contributed by atoms with van der Waals surface area (Å²) in [6.07, 6.45) is 0. The molecule has 0 radical (unpaired) electrons. The van der Waals surface area contributed by atoms with Gasteiger partial charge in [0.2, 0.25) is 0 Å². The maximum atomic E-state index is 13.6. The molecule has 1 atom stereocenters. The van der Waals surface area contributed by atoms with E-state index in [0.29, 0.717) is 0 Å². The van der Waals surface area contributed by atoms with Crippen LogP contribution in [0.25, 0.3) is 5.32 Å². The third-order valence-corrected chi connectivity index (χ3v) is 9.87. The highest BCUT2D eigenvalue weighted by atomic mass is 31.2. The van der Waals surface area contributed by atoms with Crippen molar-refractivity contribution in [3.05, 3.63) is 26.6 Å². The third-order valence-electron chi connectivity index (χ3n) is 3.73. The molecular formula is C16H31N3O11P3-. The van der Waals surface area contributed by atoms with Crippen LogP contribution in [-0.4, -0.2) is 55.9 Å². The van der Waals surface area contributed by atoms with Crippen molar-refractivity contribution in [3.8, 4) is 0 Å². The maximum absolute atomic E-state index is 13.6. The Bertz CT molecular complexity index is 862. The Hall–Kier alpha value is -0.940. The van der Waals surface area contributed by atoms with Crippen LogP contribution in [0.1, 0.15) is 41.5 Å². The minimum atomic E-state index is -4.47. The van der Waals surface area contributed by atoms with E-state index in [4.69, 9.17) is 27.1 Å². The van der Waals surface area contributed by atoms with Gasteiger partial charge in [0.15, 0.2) is 5.78 Å². The van der Waals surface area contributed by atoms with E-state index < -0.39 is 50.2 Å². The van der Waals surface area contributed by atoms with Gasteiger partial charge >= 0.3 is 22.8 Å². The number of nitro groups is 1. The van der Waals surface area contributed by atoms with Crippen LogP contribution in [0.3, 0.4) is 0 Å². The number of hydrogen-bond acceptors (Lipinski definition) is 12. The molecule has 1 aliphatic rings. The fourth-order valence-corrected chi connectivity index (χ4v) is 8.01. The molecule has 1 aliphatic heterocycles. The second kappa shape index (κ2) is 13.2. The first-order valence-corrected chi connectivity index (χ1v) is 15.1. The molecule has 1 unspecified atom stereocenters. The van der Waals surface area contributed by atoms with Crippen molar-refractivity contribution < 1.29 is 45.8 Å². The first-order valence-electron chi connectivity index (χ1n) is 10.4. The van der Waals surface area contributed by atoms with E-state index in [1.165, 1.54) is 41.5 Å². The topological polar surface area (TPSA) is 176 Å². The summed E-state index contributed by atoms with van der Waals surface area (Å²) in [5.41, 5.74) is -2.49.